The number of hydrogen-bond donors (Lipinski definition) is 1. The lowest BCUT2D eigenvalue weighted by molar-refractivity contribution is -0.127. The fourth-order valence-electron chi connectivity index (χ4n) is 3.28. The molecular weight excluding hydrogens is 331 g/mol. The second-order valence-corrected chi connectivity index (χ2v) is 6.73. The fourth-order valence-corrected chi connectivity index (χ4v) is 3.28. The lowest BCUT2D eigenvalue weighted by Gasteiger charge is -2.28. The third kappa shape index (κ3) is 4.82. The monoisotopic (exact) mass is 356 g/mol. The van der Waals surface area contributed by atoms with Crippen LogP contribution in [0.15, 0.2) is 54.6 Å². The van der Waals surface area contributed by atoms with E-state index in [2.05, 4.69) is 10.2 Å². The third-order valence-corrected chi connectivity index (χ3v) is 4.57. The van der Waals surface area contributed by atoms with E-state index >= 15 is 0 Å². The van der Waals surface area contributed by atoms with Crippen LogP contribution in [0.25, 0.3) is 0 Å². The minimum Gasteiger partial charge on any atom is -0.491 e. The van der Waals surface area contributed by atoms with Gasteiger partial charge in [0.25, 0.3) is 0 Å². The number of halogens is 1. The van der Waals surface area contributed by atoms with Gasteiger partial charge in [0, 0.05) is 0 Å². The highest BCUT2D eigenvalue weighted by Gasteiger charge is 2.30. The number of benzene rings is 2. The Morgan fingerprint density at radius 3 is 2.42 bits per heavy atom. The van der Waals surface area contributed by atoms with Gasteiger partial charge < -0.3 is 10.1 Å². The molecule has 1 aliphatic heterocycles. The normalized spacial score (nSPS) is 16.8. The van der Waals surface area contributed by atoms with Crippen LogP contribution in [0.1, 0.15) is 31.4 Å². The molecule has 0 aromatic heterocycles. The molecule has 5 heteroatoms. The van der Waals surface area contributed by atoms with Gasteiger partial charge in [-0.25, -0.2) is 4.39 Å². The molecule has 2 atom stereocenters. The maximum absolute atomic E-state index is 12.9. The SMILES string of the molecule is CC(COc1ccc(F)cc1)NC(=O)C(c1ccccc1)N1CCCC1. The standard InChI is InChI=1S/C21H25FN2O2/c1-16(15-26-19-11-9-18(22)10-12-19)23-21(25)20(24-13-5-6-14-24)17-7-3-2-4-8-17/h2-4,7-12,16,20H,5-6,13-15H2,1H3,(H,23,25). The van der Waals surface area contributed by atoms with Crippen molar-refractivity contribution in [2.75, 3.05) is 19.7 Å². The molecule has 0 radical (unpaired) electrons. The third-order valence-electron chi connectivity index (χ3n) is 4.57. The van der Waals surface area contributed by atoms with E-state index in [1.807, 2.05) is 37.3 Å². The van der Waals surface area contributed by atoms with Crippen molar-refractivity contribution in [2.24, 2.45) is 0 Å². The highest BCUT2D eigenvalue weighted by atomic mass is 19.1. The van der Waals surface area contributed by atoms with E-state index in [9.17, 15) is 9.18 Å². The Morgan fingerprint density at radius 1 is 1.12 bits per heavy atom. The van der Waals surface area contributed by atoms with Gasteiger partial charge in [-0.1, -0.05) is 30.3 Å². The highest BCUT2D eigenvalue weighted by molar-refractivity contribution is 5.83. The number of nitrogens with one attached hydrogen (secondary N) is 1. The van der Waals surface area contributed by atoms with Crippen LogP contribution in [-0.4, -0.2) is 36.5 Å². The van der Waals surface area contributed by atoms with E-state index in [4.69, 9.17) is 4.74 Å². The van der Waals surface area contributed by atoms with Gasteiger partial charge in [0.1, 0.15) is 24.2 Å². The lowest BCUT2D eigenvalue weighted by Crippen LogP contribution is -2.44. The molecule has 138 valence electrons. The molecule has 2 aromatic carbocycles. The van der Waals surface area contributed by atoms with E-state index in [1.54, 1.807) is 12.1 Å². The molecule has 1 amide bonds. The van der Waals surface area contributed by atoms with Crippen molar-refractivity contribution in [1.82, 2.24) is 10.2 Å². The lowest BCUT2D eigenvalue weighted by atomic mass is 10.0. The number of amides is 1. The van der Waals surface area contributed by atoms with Crippen LogP contribution in [0.2, 0.25) is 0 Å². The van der Waals surface area contributed by atoms with E-state index in [0.29, 0.717) is 12.4 Å². The average Bonchev–Trinajstić information content (AvgIpc) is 3.16. The van der Waals surface area contributed by atoms with Gasteiger partial charge in [-0.2, -0.15) is 0 Å². The van der Waals surface area contributed by atoms with Crippen LogP contribution in [0.5, 0.6) is 5.75 Å². The Labute approximate surface area is 154 Å². The number of likely N-dealkylation sites (tertiary alicyclic amines) is 1. The van der Waals surface area contributed by atoms with Gasteiger partial charge in [-0.15, -0.1) is 0 Å². The molecule has 26 heavy (non-hydrogen) atoms. The quantitative estimate of drug-likeness (QED) is 0.825. The molecule has 1 N–H and O–H groups in total. The number of rotatable bonds is 7. The van der Waals surface area contributed by atoms with Gasteiger partial charge in [-0.05, 0) is 62.7 Å². The molecule has 0 saturated carbocycles. The first-order chi connectivity index (χ1) is 12.6. The predicted octanol–water partition coefficient (Wildman–Crippen LogP) is 3.55. The summed E-state index contributed by atoms with van der Waals surface area (Å²) in [5.41, 5.74) is 1.01. The Hall–Kier alpha value is -2.40. The zero-order chi connectivity index (χ0) is 18.4. The molecule has 1 aliphatic rings. The van der Waals surface area contributed by atoms with Crippen molar-refractivity contribution in [1.29, 1.82) is 0 Å². The maximum Gasteiger partial charge on any atom is 0.242 e. The minimum absolute atomic E-state index is 0.00620. The van der Waals surface area contributed by atoms with Crippen molar-refractivity contribution < 1.29 is 13.9 Å². The van der Waals surface area contributed by atoms with Crippen molar-refractivity contribution >= 4 is 5.91 Å². The molecule has 1 saturated heterocycles. The van der Waals surface area contributed by atoms with Crippen molar-refractivity contribution in [3.05, 3.63) is 66.0 Å². The van der Waals surface area contributed by atoms with Crippen LogP contribution in [-0.2, 0) is 4.79 Å². The summed E-state index contributed by atoms with van der Waals surface area (Å²) in [6.45, 7) is 4.12. The molecule has 4 nitrogen and oxygen atoms in total. The van der Waals surface area contributed by atoms with Crippen molar-refractivity contribution in [3.8, 4) is 5.75 Å². The summed E-state index contributed by atoms with van der Waals surface area (Å²) < 4.78 is 18.6. The topological polar surface area (TPSA) is 41.6 Å². The largest absolute Gasteiger partial charge is 0.491 e. The van der Waals surface area contributed by atoms with Crippen LogP contribution < -0.4 is 10.1 Å². The zero-order valence-corrected chi connectivity index (χ0v) is 15.0. The predicted molar refractivity (Wildman–Crippen MR) is 99.5 cm³/mol. The van der Waals surface area contributed by atoms with Crippen LogP contribution in [0.3, 0.4) is 0 Å². The van der Waals surface area contributed by atoms with Crippen LogP contribution in [0.4, 0.5) is 4.39 Å². The van der Waals surface area contributed by atoms with Gasteiger partial charge >= 0.3 is 0 Å². The maximum atomic E-state index is 12.9. The fraction of sp³-hybridized carbons (Fsp3) is 0.381. The zero-order valence-electron chi connectivity index (χ0n) is 15.0. The molecular formula is C21H25FN2O2. The summed E-state index contributed by atoms with van der Waals surface area (Å²) in [5, 5.41) is 3.06. The Balaban J connectivity index is 1.60. The summed E-state index contributed by atoms with van der Waals surface area (Å²) in [6, 6.07) is 15.4. The summed E-state index contributed by atoms with van der Waals surface area (Å²) in [5.74, 6) is 0.287. The Morgan fingerprint density at radius 2 is 1.77 bits per heavy atom. The number of carbonyl (C=O) groups is 1. The first kappa shape index (κ1) is 18.4. The highest BCUT2D eigenvalue weighted by Crippen LogP contribution is 2.25. The number of ether oxygens (including phenoxy) is 1. The molecule has 1 fully saturated rings. The first-order valence-electron chi connectivity index (χ1n) is 9.11. The van der Waals surface area contributed by atoms with Gasteiger partial charge in [0.2, 0.25) is 5.91 Å². The Kier molecular flexibility index (Phi) is 6.23. The minimum atomic E-state index is -0.296. The van der Waals surface area contributed by atoms with Crippen molar-refractivity contribution in [2.45, 2.75) is 31.8 Å². The molecule has 1 heterocycles. The number of nitrogens with zero attached hydrogens (tertiary/aromatic N) is 1. The van der Waals surface area contributed by atoms with E-state index in [1.165, 1.54) is 12.1 Å². The number of carbonyl (C=O) groups excluding carboxylic acids is 1. The van der Waals surface area contributed by atoms with E-state index in [-0.39, 0.29) is 23.8 Å². The van der Waals surface area contributed by atoms with Crippen LogP contribution in [0, 0.1) is 5.82 Å². The summed E-state index contributed by atoms with van der Waals surface area (Å²) in [6.07, 6.45) is 2.25. The number of hydrogen-bond acceptors (Lipinski definition) is 3. The van der Waals surface area contributed by atoms with Gasteiger partial charge in [0.05, 0.1) is 6.04 Å². The van der Waals surface area contributed by atoms with E-state index in [0.717, 1.165) is 31.5 Å². The van der Waals surface area contributed by atoms with Gasteiger partial charge in [0.15, 0.2) is 0 Å². The molecule has 0 aliphatic carbocycles. The summed E-state index contributed by atoms with van der Waals surface area (Å²) in [4.78, 5) is 15.2. The smallest absolute Gasteiger partial charge is 0.242 e. The second kappa shape index (κ2) is 8.81. The molecule has 2 aromatic rings. The second-order valence-electron chi connectivity index (χ2n) is 6.73. The molecule has 0 spiro atoms. The van der Waals surface area contributed by atoms with Crippen molar-refractivity contribution in [3.63, 3.8) is 0 Å². The molecule has 2 unspecified atom stereocenters. The molecule has 0 bridgehead atoms. The molecule has 3 rings (SSSR count). The summed E-state index contributed by atoms with van der Waals surface area (Å²) in [7, 11) is 0. The first-order valence-corrected chi connectivity index (χ1v) is 9.11. The van der Waals surface area contributed by atoms with Crippen LogP contribution >= 0.6 is 0 Å². The summed E-state index contributed by atoms with van der Waals surface area (Å²) >= 11 is 0. The van der Waals surface area contributed by atoms with Gasteiger partial charge in [-0.3, -0.25) is 9.69 Å². The average molecular weight is 356 g/mol. The Bertz CT molecular complexity index is 700. The van der Waals surface area contributed by atoms with E-state index < -0.39 is 0 Å².